The number of ketones is 1. The van der Waals surface area contributed by atoms with Crippen molar-refractivity contribution < 1.29 is 9.53 Å². The van der Waals surface area contributed by atoms with Crippen LogP contribution in [-0.4, -0.2) is 19.4 Å². The average molecular weight is 207 g/mol. The summed E-state index contributed by atoms with van der Waals surface area (Å²) >= 11 is 0. The topological polar surface area (TPSA) is 52.3 Å². The van der Waals surface area contributed by atoms with Crippen LogP contribution in [0.15, 0.2) is 24.3 Å². The highest BCUT2D eigenvalue weighted by Crippen LogP contribution is 2.15. The van der Waals surface area contributed by atoms with Crippen molar-refractivity contribution in [2.75, 3.05) is 13.7 Å². The van der Waals surface area contributed by atoms with Crippen LogP contribution < -0.4 is 10.5 Å². The summed E-state index contributed by atoms with van der Waals surface area (Å²) in [6.45, 7) is 2.51. The lowest BCUT2D eigenvalue weighted by atomic mass is 10.00. The van der Waals surface area contributed by atoms with E-state index in [2.05, 4.69) is 0 Å². The molecule has 0 heterocycles. The molecule has 1 rings (SSSR count). The molecular formula is C12H17NO2. The fraction of sp³-hybridized carbons (Fsp3) is 0.417. The fourth-order valence-electron chi connectivity index (χ4n) is 1.31. The highest BCUT2D eigenvalue weighted by Gasteiger charge is 2.10. The number of rotatable bonds is 5. The zero-order valence-electron chi connectivity index (χ0n) is 9.19. The Labute approximate surface area is 90.2 Å². The van der Waals surface area contributed by atoms with Gasteiger partial charge in [0.05, 0.1) is 7.11 Å². The van der Waals surface area contributed by atoms with Crippen LogP contribution in [0.3, 0.4) is 0 Å². The van der Waals surface area contributed by atoms with E-state index in [0.717, 1.165) is 0 Å². The van der Waals surface area contributed by atoms with Crippen molar-refractivity contribution in [3.05, 3.63) is 29.8 Å². The molecule has 82 valence electrons. The van der Waals surface area contributed by atoms with E-state index in [1.54, 1.807) is 19.2 Å². The molecule has 0 spiro atoms. The molecular weight excluding hydrogens is 190 g/mol. The van der Waals surface area contributed by atoms with Gasteiger partial charge in [-0.3, -0.25) is 4.79 Å². The van der Waals surface area contributed by atoms with Crippen molar-refractivity contribution in [3.8, 4) is 5.75 Å². The predicted octanol–water partition coefficient (Wildman–Crippen LogP) is 1.86. The van der Waals surface area contributed by atoms with E-state index >= 15 is 0 Å². The van der Waals surface area contributed by atoms with Gasteiger partial charge in [0.1, 0.15) is 5.75 Å². The van der Waals surface area contributed by atoms with Gasteiger partial charge in [-0.2, -0.15) is 0 Å². The molecule has 0 saturated heterocycles. The molecule has 1 aromatic carbocycles. The Morgan fingerprint density at radius 2 is 2.27 bits per heavy atom. The van der Waals surface area contributed by atoms with Crippen molar-refractivity contribution in [3.63, 3.8) is 0 Å². The zero-order chi connectivity index (χ0) is 11.3. The maximum absolute atomic E-state index is 11.8. The van der Waals surface area contributed by atoms with Gasteiger partial charge in [0, 0.05) is 12.0 Å². The molecule has 3 heteroatoms. The van der Waals surface area contributed by atoms with Crippen LogP contribution in [0, 0.1) is 5.92 Å². The Morgan fingerprint density at radius 3 is 2.87 bits per heavy atom. The molecule has 0 saturated carbocycles. The van der Waals surface area contributed by atoms with Crippen LogP contribution in [-0.2, 0) is 0 Å². The molecule has 3 nitrogen and oxygen atoms in total. The SMILES string of the molecule is COc1cccc(C(=O)CC(C)CN)c1. The van der Waals surface area contributed by atoms with Crippen molar-refractivity contribution in [1.29, 1.82) is 0 Å². The predicted molar refractivity (Wildman–Crippen MR) is 60.2 cm³/mol. The summed E-state index contributed by atoms with van der Waals surface area (Å²) in [6.07, 6.45) is 0.490. The number of ether oxygens (including phenoxy) is 1. The highest BCUT2D eigenvalue weighted by molar-refractivity contribution is 5.96. The standard InChI is InChI=1S/C12H17NO2/c1-9(8-13)6-12(14)10-4-3-5-11(7-10)15-2/h3-5,7,9H,6,8,13H2,1-2H3. The molecule has 2 N–H and O–H groups in total. The van der Waals surface area contributed by atoms with Gasteiger partial charge in [-0.15, -0.1) is 0 Å². The molecule has 0 fully saturated rings. The van der Waals surface area contributed by atoms with Gasteiger partial charge in [0.2, 0.25) is 0 Å². The normalized spacial score (nSPS) is 12.2. The van der Waals surface area contributed by atoms with Gasteiger partial charge in [-0.1, -0.05) is 19.1 Å². The lowest BCUT2D eigenvalue weighted by Gasteiger charge is -2.07. The second-order valence-corrected chi connectivity index (χ2v) is 3.70. The Morgan fingerprint density at radius 1 is 1.53 bits per heavy atom. The molecule has 0 amide bonds. The monoisotopic (exact) mass is 207 g/mol. The zero-order valence-corrected chi connectivity index (χ0v) is 9.19. The summed E-state index contributed by atoms with van der Waals surface area (Å²) in [7, 11) is 1.59. The minimum absolute atomic E-state index is 0.117. The lowest BCUT2D eigenvalue weighted by Crippen LogP contribution is -2.15. The number of benzene rings is 1. The van der Waals surface area contributed by atoms with E-state index in [4.69, 9.17) is 10.5 Å². The minimum Gasteiger partial charge on any atom is -0.497 e. The number of Topliss-reactive ketones (excluding diaryl/α,β-unsaturated/α-hetero) is 1. The lowest BCUT2D eigenvalue weighted by molar-refractivity contribution is 0.0965. The van der Waals surface area contributed by atoms with Gasteiger partial charge in [-0.25, -0.2) is 0 Å². The van der Waals surface area contributed by atoms with Gasteiger partial charge < -0.3 is 10.5 Å². The molecule has 0 radical (unpaired) electrons. The summed E-state index contributed by atoms with van der Waals surface area (Å²) in [6, 6.07) is 7.20. The van der Waals surface area contributed by atoms with Crippen LogP contribution >= 0.6 is 0 Å². The Bertz CT molecular complexity index is 336. The first-order chi connectivity index (χ1) is 7.17. The third kappa shape index (κ3) is 3.36. The van der Waals surface area contributed by atoms with Gasteiger partial charge in [0.15, 0.2) is 5.78 Å². The second-order valence-electron chi connectivity index (χ2n) is 3.70. The minimum atomic E-state index is 0.117. The summed E-state index contributed by atoms with van der Waals surface area (Å²) in [5.74, 6) is 1.05. The molecule has 1 aromatic rings. The van der Waals surface area contributed by atoms with Crippen molar-refractivity contribution >= 4 is 5.78 Å². The van der Waals surface area contributed by atoms with Gasteiger partial charge in [0.25, 0.3) is 0 Å². The number of methoxy groups -OCH3 is 1. The Balaban J connectivity index is 2.73. The first kappa shape index (κ1) is 11.7. The molecule has 0 bridgehead atoms. The van der Waals surface area contributed by atoms with E-state index in [0.29, 0.717) is 24.3 Å². The molecule has 1 unspecified atom stereocenters. The fourth-order valence-corrected chi connectivity index (χ4v) is 1.31. The van der Waals surface area contributed by atoms with Crippen LogP contribution in [0.5, 0.6) is 5.75 Å². The van der Waals surface area contributed by atoms with Crippen LogP contribution in [0.25, 0.3) is 0 Å². The quantitative estimate of drug-likeness (QED) is 0.750. The van der Waals surface area contributed by atoms with Crippen LogP contribution in [0.1, 0.15) is 23.7 Å². The van der Waals surface area contributed by atoms with Crippen molar-refractivity contribution in [2.24, 2.45) is 11.7 Å². The summed E-state index contributed by atoms with van der Waals surface area (Å²) in [5.41, 5.74) is 6.17. The third-order valence-corrected chi connectivity index (χ3v) is 2.33. The molecule has 15 heavy (non-hydrogen) atoms. The Kier molecular flexibility index (Phi) is 4.31. The molecule has 1 atom stereocenters. The second kappa shape index (κ2) is 5.51. The Hall–Kier alpha value is -1.35. The summed E-state index contributed by atoms with van der Waals surface area (Å²) in [4.78, 5) is 11.8. The maximum Gasteiger partial charge on any atom is 0.163 e. The number of carbonyl (C=O) groups excluding carboxylic acids is 1. The number of carbonyl (C=O) groups is 1. The van der Waals surface area contributed by atoms with E-state index in [-0.39, 0.29) is 11.7 Å². The summed E-state index contributed by atoms with van der Waals surface area (Å²) < 4.78 is 5.06. The van der Waals surface area contributed by atoms with E-state index in [9.17, 15) is 4.79 Å². The maximum atomic E-state index is 11.8. The average Bonchev–Trinajstić information content (AvgIpc) is 2.28. The van der Waals surface area contributed by atoms with Crippen molar-refractivity contribution in [2.45, 2.75) is 13.3 Å². The number of hydrogen-bond donors (Lipinski definition) is 1. The molecule has 0 aromatic heterocycles. The van der Waals surface area contributed by atoms with Crippen molar-refractivity contribution in [1.82, 2.24) is 0 Å². The largest absolute Gasteiger partial charge is 0.497 e. The summed E-state index contributed by atoms with van der Waals surface area (Å²) in [5, 5.41) is 0. The first-order valence-electron chi connectivity index (χ1n) is 5.04. The number of nitrogens with two attached hydrogens (primary N) is 1. The molecule has 0 aliphatic rings. The van der Waals surface area contributed by atoms with E-state index in [1.807, 2.05) is 19.1 Å². The number of hydrogen-bond acceptors (Lipinski definition) is 3. The highest BCUT2D eigenvalue weighted by atomic mass is 16.5. The van der Waals surface area contributed by atoms with Crippen LogP contribution in [0.2, 0.25) is 0 Å². The van der Waals surface area contributed by atoms with E-state index in [1.165, 1.54) is 0 Å². The molecule has 0 aliphatic heterocycles. The first-order valence-corrected chi connectivity index (χ1v) is 5.04. The van der Waals surface area contributed by atoms with Crippen LogP contribution in [0.4, 0.5) is 0 Å². The van der Waals surface area contributed by atoms with Gasteiger partial charge >= 0.3 is 0 Å². The van der Waals surface area contributed by atoms with Gasteiger partial charge in [-0.05, 0) is 24.6 Å². The van der Waals surface area contributed by atoms with E-state index < -0.39 is 0 Å². The molecule has 0 aliphatic carbocycles. The smallest absolute Gasteiger partial charge is 0.163 e. The third-order valence-electron chi connectivity index (χ3n) is 2.33.